The van der Waals surface area contributed by atoms with Crippen LogP contribution in [0.4, 0.5) is 4.79 Å². The van der Waals surface area contributed by atoms with Gasteiger partial charge in [-0.25, -0.2) is 4.79 Å². The van der Waals surface area contributed by atoms with E-state index in [-0.39, 0.29) is 0 Å². The Morgan fingerprint density at radius 2 is 1.83 bits per heavy atom. The van der Waals surface area contributed by atoms with Gasteiger partial charge in [-0.05, 0) is 45.1 Å². The van der Waals surface area contributed by atoms with Gasteiger partial charge in [-0.2, -0.15) is 4.99 Å². The summed E-state index contributed by atoms with van der Waals surface area (Å²) >= 11 is 0. The van der Waals surface area contributed by atoms with Crippen molar-refractivity contribution in [1.82, 2.24) is 0 Å². The van der Waals surface area contributed by atoms with Crippen molar-refractivity contribution >= 4 is 11.8 Å². The number of aliphatic imine (C=N–C) groups is 1. The molecule has 1 aliphatic carbocycles. The fourth-order valence-corrected chi connectivity index (χ4v) is 1.98. The molecule has 0 radical (unpaired) electrons. The molecule has 0 aromatic heterocycles. The molecule has 2 rings (SSSR count). The van der Waals surface area contributed by atoms with Crippen LogP contribution in [0.5, 0.6) is 0 Å². The van der Waals surface area contributed by atoms with E-state index in [1.165, 1.54) is 5.56 Å². The molecule has 0 atom stereocenters. The largest absolute Gasteiger partial charge is 0.442 e. The number of amides is 1. The molecule has 0 heterocycles. The highest BCUT2D eigenvalue weighted by atomic mass is 16.6. The maximum Gasteiger partial charge on any atom is 0.434 e. The summed E-state index contributed by atoms with van der Waals surface area (Å²) in [6.45, 7) is 5.54. The summed E-state index contributed by atoms with van der Waals surface area (Å²) in [5, 5.41) is 0. The van der Waals surface area contributed by atoms with E-state index in [1.807, 2.05) is 39.0 Å². The van der Waals surface area contributed by atoms with E-state index in [1.54, 1.807) is 0 Å². The van der Waals surface area contributed by atoms with E-state index in [2.05, 4.69) is 17.1 Å². The molecule has 0 N–H and O–H groups in total. The van der Waals surface area contributed by atoms with Crippen molar-refractivity contribution in [3.05, 3.63) is 35.9 Å². The number of rotatable bonds is 1. The van der Waals surface area contributed by atoms with Crippen LogP contribution in [0.3, 0.4) is 0 Å². The van der Waals surface area contributed by atoms with E-state index >= 15 is 0 Å². The van der Waals surface area contributed by atoms with Crippen molar-refractivity contribution < 1.29 is 9.53 Å². The number of ether oxygens (including phenoxy) is 1. The van der Waals surface area contributed by atoms with Gasteiger partial charge in [0.25, 0.3) is 0 Å². The van der Waals surface area contributed by atoms with Crippen LogP contribution in [0.25, 0.3) is 0 Å². The van der Waals surface area contributed by atoms with Gasteiger partial charge in [-0.3, -0.25) is 0 Å². The predicted molar refractivity (Wildman–Crippen MR) is 72.1 cm³/mol. The lowest BCUT2D eigenvalue weighted by molar-refractivity contribution is 0.0603. The van der Waals surface area contributed by atoms with Crippen LogP contribution >= 0.6 is 0 Å². The summed E-state index contributed by atoms with van der Waals surface area (Å²) in [4.78, 5) is 15.5. The maximum absolute atomic E-state index is 11.5. The van der Waals surface area contributed by atoms with Crippen molar-refractivity contribution in [3.63, 3.8) is 0 Å². The zero-order valence-corrected chi connectivity index (χ0v) is 11.1. The first kappa shape index (κ1) is 12.8. The minimum Gasteiger partial charge on any atom is -0.442 e. The number of benzene rings is 1. The van der Waals surface area contributed by atoms with Gasteiger partial charge in [-0.1, -0.05) is 30.3 Å². The quantitative estimate of drug-likeness (QED) is 0.751. The Kier molecular flexibility index (Phi) is 3.50. The average Bonchev–Trinajstić information content (AvgIpc) is 2.21. The van der Waals surface area contributed by atoms with Gasteiger partial charge in [-0.15, -0.1) is 0 Å². The molecule has 1 saturated carbocycles. The summed E-state index contributed by atoms with van der Waals surface area (Å²) in [6, 6.07) is 10.3. The monoisotopic (exact) mass is 245 g/mol. The molecule has 0 bridgehead atoms. The Labute approximate surface area is 108 Å². The van der Waals surface area contributed by atoms with E-state index in [4.69, 9.17) is 4.74 Å². The third-order valence-corrected chi connectivity index (χ3v) is 2.88. The smallest absolute Gasteiger partial charge is 0.434 e. The number of carbonyl (C=O) groups is 1. The summed E-state index contributed by atoms with van der Waals surface area (Å²) in [7, 11) is 0. The van der Waals surface area contributed by atoms with Gasteiger partial charge in [0.15, 0.2) is 0 Å². The molecule has 1 amide bonds. The van der Waals surface area contributed by atoms with Crippen molar-refractivity contribution in [3.8, 4) is 0 Å². The van der Waals surface area contributed by atoms with Gasteiger partial charge >= 0.3 is 6.09 Å². The van der Waals surface area contributed by atoms with E-state index in [0.29, 0.717) is 5.92 Å². The molecular formula is C15H19NO2. The molecule has 96 valence electrons. The summed E-state index contributed by atoms with van der Waals surface area (Å²) < 4.78 is 5.16. The first-order valence-electron chi connectivity index (χ1n) is 6.28. The van der Waals surface area contributed by atoms with Gasteiger partial charge in [0.1, 0.15) is 5.60 Å². The number of hydrogen-bond donors (Lipinski definition) is 0. The minimum atomic E-state index is -0.469. The molecule has 1 aliphatic rings. The number of carbonyl (C=O) groups excluding carboxylic acids is 1. The number of hydrogen-bond acceptors (Lipinski definition) is 2. The maximum atomic E-state index is 11.5. The Morgan fingerprint density at radius 3 is 2.39 bits per heavy atom. The van der Waals surface area contributed by atoms with Crippen molar-refractivity contribution in [2.45, 2.75) is 45.1 Å². The topological polar surface area (TPSA) is 38.7 Å². The van der Waals surface area contributed by atoms with Crippen LogP contribution in [0.2, 0.25) is 0 Å². The molecule has 0 aliphatic heterocycles. The van der Waals surface area contributed by atoms with E-state index in [0.717, 1.165) is 18.6 Å². The fraction of sp³-hybridized carbons (Fsp3) is 0.467. The molecule has 18 heavy (non-hydrogen) atoms. The van der Waals surface area contributed by atoms with Crippen LogP contribution in [0, 0.1) is 0 Å². The van der Waals surface area contributed by atoms with Crippen LogP contribution < -0.4 is 0 Å². The molecule has 1 aromatic carbocycles. The van der Waals surface area contributed by atoms with Gasteiger partial charge in [0.05, 0.1) is 0 Å². The highest BCUT2D eigenvalue weighted by molar-refractivity contribution is 5.98. The van der Waals surface area contributed by atoms with Crippen molar-refractivity contribution in [2.24, 2.45) is 4.99 Å². The molecule has 1 fully saturated rings. The molecule has 0 saturated heterocycles. The Morgan fingerprint density at radius 1 is 1.22 bits per heavy atom. The van der Waals surface area contributed by atoms with Crippen LogP contribution in [-0.2, 0) is 4.74 Å². The lowest BCUT2D eigenvalue weighted by atomic mass is 9.78. The SMILES string of the molecule is CC(C)(C)OC(=O)N=C1CC(c2ccccc2)C1. The summed E-state index contributed by atoms with van der Waals surface area (Å²) in [5.74, 6) is 0.507. The third kappa shape index (κ3) is 3.42. The minimum absolute atomic E-state index is 0.469. The molecule has 0 spiro atoms. The standard InChI is InChI=1S/C15H19NO2/c1-15(2,3)18-14(17)16-13-9-12(10-13)11-7-5-4-6-8-11/h4-8,12H,9-10H2,1-3H3. The van der Waals surface area contributed by atoms with Gasteiger partial charge in [0, 0.05) is 5.71 Å². The third-order valence-electron chi connectivity index (χ3n) is 2.88. The lowest BCUT2D eigenvalue weighted by Crippen LogP contribution is -2.26. The summed E-state index contributed by atoms with van der Waals surface area (Å²) in [5.41, 5.74) is 1.79. The van der Waals surface area contributed by atoms with Gasteiger partial charge < -0.3 is 4.74 Å². The Bertz CT molecular complexity index is 449. The molecule has 3 heteroatoms. The highest BCUT2D eigenvalue weighted by Gasteiger charge is 2.27. The first-order chi connectivity index (χ1) is 8.44. The van der Waals surface area contributed by atoms with Crippen LogP contribution in [-0.4, -0.2) is 17.4 Å². The normalized spacial score (nSPS) is 19.1. The Hall–Kier alpha value is -1.64. The zero-order chi connectivity index (χ0) is 13.2. The second kappa shape index (κ2) is 4.92. The summed E-state index contributed by atoms with van der Waals surface area (Å²) in [6.07, 6.45) is 1.26. The highest BCUT2D eigenvalue weighted by Crippen LogP contribution is 2.34. The van der Waals surface area contributed by atoms with E-state index in [9.17, 15) is 4.79 Å². The molecule has 3 nitrogen and oxygen atoms in total. The van der Waals surface area contributed by atoms with E-state index < -0.39 is 11.7 Å². The van der Waals surface area contributed by atoms with Crippen LogP contribution in [0.1, 0.15) is 45.1 Å². The van der Waals surface area contributed by atoms with Gasteiger partial charge in [0.2, 0.25) is 0 Å². The molecule has 0 unspecified atom stereocenters. The van der Waals surface area contributed by atoms with Crippen LogP contribution in [0.15, 0.2) is 35.3 Å². The molecule has 1 aromatic rings. The predicted octanol–water partition coefficient (Wildman–Crippen LogP) is 3.94. The van der Waals surface area contributed by atoms with Crippen molar-refractivity contribution in [2.75, 3.05) is 0 Å². The molecular weight excluding hydrogens is 226 g/mol. The fourth-order valence-electron chi connectivity index (χ4n) is 1.98. The first-order valence-corrected chi connectivity index (χ1v) is 6.28. The average molecular weight is 245 g/mol. The second-order valence-electron chi connectivity index (χ2n) is 5.67. The number of nitrogens with zero attached hydrogens (tertiary/aromatic N) is 1. The lowest BCUT2D eigenvalue weighted by Gasteiger charge is -2.28. The second-order valence-corrected chi connectivity index (χ2v) is 5.67. The Balaban J connectivity index is 1.87. The zero-order valence-electron chi connectivity index (χ0n) is 11.1. The van der Waals surface area contributed by atoms with Crippen molar-refractivity contribution in [1.29, 1.82) is 0 Å².